The molecule has 1 aromatic rings. The normalized spacial score (nSPS) is 10.4. The maximum absolute atomic E-state index is 4.04. The summed E-state index contributed by atoms with van der Waals surface area (Å²) < 4.78 is 2.09. The Morgan fingerprint density at radius 2 is 2.27 bits per heavy atom. The van der Waals surface area contributed by atoms with Crippen LogP contribution in [0.3, 0.4) is 0 Å². The van der Waals surface area contributed by atoms with Crippen LogP contribution in [0.2, 0.25) is 0 Å². The van der Waals surface area contributed by atoms with Crippen molar-refractivity contribution in [3.8, 4) is 0 Å². The quantitative estimate of drug-likeness (QED) is 0.658. The molecule has 1 heterocycles. The highest BCUT2D eigenvalue weighted by Crippen LogP contribution is 2.00. The van der Waals surface area contributed by atoms with Gasteiger partial charge >= 0.3 is 0 Å². The molecule has 11 heavy (non-hydrogen) atoms. The summed E-state index contributed by atoms with van der Waals surface area (Å²) in [6, 6.07) is 0. The second kappa shape index (κ2) is 4.11. The van der Waals surface area contributed by atoms with Crippen LogP contribution in [0, 0.1) is 0 Å². The van der Waals surface area contributed by atoms with Crippen LogP contribution in [0.5, 0.6) is 0 Å². The number of nitrogens with zero attached hydrogens (tertiary/aromatic N) is 3. The van der Waals surface area contributed by atoms with E-state index < -0.39 is 0 Å². The lowest BCUT2D eigenvalue weighted by molar-refractivity contribution is 0.662. The van der Waals surface area contributed by atoms with Crippen molar-refractivity contribution in [2.45, 2.75) is 39.7 Å². The molecule has 0 spiro atoms. The highest BCUT2D eigenvalue weighted by molar-refractivity contribution is 4.84. The van der Waals surface area contributed by atoms with Crippen LogP contribution in [0.25, 0.3) is 0 Å². The van der Waals surface area contributed by atoms with E-state index >= 15 is 0 Å². The number of aryl methyl sites for hydroxylation is 2. The van der Waals surface area contributed by atoms with Crippen molar-refractivity contribution in [1.29, 1.82) is 0 Å². The number of unbranched alkanes of at least 4 members (excludes halogenated alkanes) is 1. The highest BCUT2D eigenvalue weighted by Gasteiger charge is 1.99. The van der Waals surface area contributed by atoms with Crippen LogP contribution >= 0.6 is 0 Å². The van der Waals surface area contributed by atoms with Crippen LogP contribution in [0.15, 0.2) is 6.33 Å². The third kappa shape index (κ3) is 2.03. The standard InChI is InChI=1S/C8H15N3/c1-3-5-6-8-10-9-7-11(8)4-2/h7H,3-6H2,1-2H3. The van der Waals surface area contributed by atoms with E-state index in [0.29, 0.717) is 0 Å². The summed E-state index contributed by atoms with van der Waals surface area (Å²) in [5.41, 5.74) is 0. The SMILES string of the molecule is CCCCc1nncn1CC. The van der Waals surface area contributed by atoms with Crippen molar-refractivity contribution < 1.29 is 0 Å². The minimum atomic E-state index is 0.978. The molecule has 0 aromatic carbocycles. The van der Waals surface area contributed by atoms with Gasteiger partial charge in [-0.25, -0.2) is 0 Å². The first-order chi connectivity index (χ1) is 5.38. The molecule has 0 bridgehead atoms. The third-order valence-electron chi connectivity index (χ3n) is 1.79. The van der Waals surface area contributed by atoms with Crippen molar-refractivity contribution in [3.05, 3.63) is 12.2 Å². The van der Waals surface area contributed by atoms with Gasteiger partial charge in [-0.15, -0.1) is 10.2 Å². The average Bonchev–Trinajstić information content (AvgIpc) is 2.47. The summed E-state index contributed by atoms with van der Waals surface area (Å²) in [4.78, 5) is 0. The Bertz CT molecular complexity index is 205. The van der Waals surface area contributed by atoms with Crippen LogP contribution in [-0.2, 0) is 13.0 Å². The molecular formula is C8H15N3. The van der Waals surface area contributed by atoms with Crippen LogP contribution < -0.4 is 0 Å². The van der Waals surface area contributed by atoms with Crippen LogP contribution in [-0.4, -0.2) is 14.8 Å². The van der Waals surface area contributed by atoms with Crippen molar-refractivity contribution in [2.75, 3.05) is 0 Å². The Morgan fingerprint density at radius 1 is 1.45 bits per heavy atom. The maximum Gasteiger partial charge on any atom is 0.132 e. The number of rotatable bonds is 4. The Hall–Kier alpha value is -0.860. The van der Waals surface area contributed by atoms with Crippen LogP contribution in [0.4, 0.5) is 0 Å². The molecule has 0 radical (unpaired) electrons. The summed E-state index contributed by atoms with van der Waals surface area (Å²) in [6.07, 6.45) is 5.28. The van der Waals surface area contributed by atoms with Gasteiger partial charge in [-0.05, 0) is 13.3 Å². The molecular weight excluding hydrogens is 138 g/mol. The van der Waals surface area contributed by atoms with E-state index in [-0.39, 0.29) is 0 Å². The zero-order valence-corrected chi connectivity index (χ0v) is 7.25. The maximum atomic E-state index is 4.04. The molecule has 0 saturated carbocycles. The third-order valence-corrected chi connectivity index (χ3v) is 1.79. The van der Waals surface area contributed by atoms with Crippen molar-refractivity contribution in [2.24, 2.45) is 0 Å². The average molecular weight is 153 g/mol. The van der Waals surface area contributed by atoms with E-state index in [1.807, 2.05) is 0 Å². The van der Waals surface area contributed by atoms with E-state index in [1.54, 1.807) is 6.33 Å². The van der Waals surface area contributed by atoms with Crippen molar-refractivity contribution in [1.82, 2.24) is 14.8 Å². The van der Waals surface area contributed by atoms with Gasteiger partial charge in [0, 0.05) is 13.0 Å². The lowest BCUT2D eigenvalue weighted by atomic mass is 10.2. The zero-order valence-electron chi connectivity index (χ0n) is 7.25. The lowest BCUT2D eigenvalue weighted by Gasteiger charge is -2.00. The van der Waals surface area contributed by atoms with Gasteiger partial charge < -0.3 is 4.57 Å². The minimum absolute atomic E-state index is 0.978. The molecule has 3 heteroatoms. The Kier molecular flexibility index (Phi) is 3.08. The van der Waals surface area contributed by atoms with Gasteiger partial charge in [0.15, 0.2) is 0 Å². The molecule has 0 aliphatic heterocycles. The molecule has 0 fully saturated rings. The van der Waals surface area contributed by atoms with E-state index in [9.17, 15) is 0 Å². The van der Waals surface area contributed by atoms with Crippen LogP contribution in [0.1, 0.15) is 32.5 Å². The topological polar surface area (TPSA) is 30.7 Å². The largest absolute Gasteiger partial charge is 0.318 e. The minimum Gasteiger partial charge on any atom is -0.318 e. The first kappa shape index (κ1) is 8.24. The molecule has 0 unspecified atom stereocenters. The number of hydrogen-bond donors (Lipinski definition) is 0. The molecule has 0 saturated heterocycles. The summed E-state index contributed by atoms with van der Waals surface area (Å²) in [7, 11) is 0. The molecule has 0 aliphatic rings. The Morgan fingerprint density at radius 3 is 2.91 bits per heavy atom. The molecule has 3 nitrogen and oxygen atoms in total. The number of hydrogen-bond acceptors (Lipinski definition) is 2. The van der Waals surface area contributed by atoms with Gasteiger partial charge in [-0.1, -0.05) is 13.3 Å². The molecule has 0 N–H and O–H groups in total. The summed E-state index contributed by atoms with van der Waals surface area (Å²) in [5, 5.41) is 7.90. The molecule has 62 valence electrons. The number of aromatic nitrogens is 3. The second-order valence-electron chi connectivity index (χ2n) is 2.64. The molecule has 1 rings (SSSR count). The molecule has 0 aliphatic carbocycles. The van der Waals surface area contributed by atoms with E-state index in [1.165, 1.54) is 12.8 Å². The Labute approximate surface area is 67.4 Å². The van der Waals surface area contributed by atoms with E-state index in [4.69, 9.17) is 0 Å². The Balaban J connectivity index is 2.54. The predicted molar refractivity (Wildman–Crippen MR) is 44.3 cm³/mol. The van der Waals surface area contributed by atoms with Gasteiger partial charge in [0.25, 0.3) is 0 Å². The van der Waals surface area contributed by atoms with Crippen molar-refractivity contribution >= 4 is 0 Å². The zero-order chi connectivity index (χ0) is 8.10. The summed E-state index contributed by atoms with van der Waals surface area (Å²) >= 11 is 0. The first-order valence-electron chi connectivity index (χ1n) is 4.25. The molecule has 1 aromatic heterocycles. The second-order valence-corrected chi connectivity index (χ2v) is 2.64. The highest BCUT2D eigenvalue weighted by atomic mass is 15.3. The summed E-state index contributed by atoms with van der Waals surface area (Å²) in [6.45, 7) is 5.28. The van der Waals surface area contributed by atoms with E-state index in [2.05, 4.69) is 28.6 Å². The van der Waals surface area contributed by atoms with Gasteiger partial charge in [0.2, 0.25) is 0 Å². The van der Waals surface area contributed by atoms with Gasteiger partial charge in [0.05, 0.1) is 0 Å². The van der Waals surface area contributed by atoms with Crippen molar-refractivity contribution in [3.63, 3.8) is 0 Å². The van der Waals surface area contributed by atoms with Gasteiger partial charge in [-0.3, -0.25) is 0 Å². The lowest BCUT2D eigenvalue weighted by Crippen LogP contribution is -2.00. The molecule has 0 atom stereocenters. The fourth-order valence-corrected chi connectivity index (χ4v) is 1.07. The smallest absolute Gasteiger partial charge is 0.132 e. The van der Waals surface area contributed by atoms with Gasteiger partial charge in [0.1, 0.15) is 12.2 Å². The summed E-state index contributed by atoms with van der Waals surface area (Å²) in [5.74, 6) is 1.12. The fraction of sp³-hybridized carbons (Fsp3) is 0.750. The predicted octanol–water partition coefficient (Wildman–Crippen LogP) is 1.64. The fourth-order valence-electron chi connectivity index (χ4n) is 1.07. The van der Waals surface area contributed by atoms with E-state index in [0.717, 1.165) is 18.8 Å². The first-order valence-corrected chi connectivity index (χ1v) is 4.25. The molecule has 0 amide bonds. The monoisotopic (exact) mass is 153 g/mol. The van der Waals surface area contributed by atoms with Gasteiger partial charge in [-0.2, -0.15) is 0 Å².